The molecule has 0 aliphatic carbocycles. The number of hydrogen-bond donors (Lipinski definition) is 1. The number of methoxy groups -OCH3 is 1. The fourth-order valence-corrected chi connectivity index (χ4v) is 2.82. The highest BCUT2D eigenvalue weighted by molar-refractivity contribution is 5.61. The minimum atomic E-state index is 0.282. The summed E-state index contributed by atoms with van der Waals surface area (Å²) >= 11 is 0. The van der Waals surface area contributed by atoms with Crippen LogP contribution in [-0.2, 0) is 0 Å². The second-order valence-electron chi connectivity index (χ2n) is 6.50. The van der Waals surface area contributed by atoms with Gasteiger partial charge in [-0.1, -0.05) is 19.1 Å². The van der Waals surface area contributed by atoms with Crippen molar-refractivity contribution in [2.45, 2.75) is 26.7 Å². The molecule has 1 atom stereocenters. The van der Waals surface area contributed by atoms with Gasteiger partial charge >= 0.3 is 0 Å². The van der Waals surface area contributed by atoms with Crippen molar-refractivity contribution < 1.29 is 4.74 Å². The van der Waals surface area contributed by atoms with E-state index in [1.54, 1.807) is 13.4 Å². The van der Waals surface area contributed by atoms with Gasteiger partial charge in [-0.25, -0.2) is 9.97 Å². The lowest BCUT2D eigenvalue weighted by atomic mass is 9.98. The van der Waals surface area contributed by atoms with Crippen molar-refractivity contribution >= 4 is 5.82 Å². The number of aromatic nitrogens is 3. The average Bonchev–Trinajstić information content (AvgIpc) is 2.66. The van der Waals surface area contributed by atoms with Gasteiger partial charge in [0.25, 0.3) is 0 Å². The third kappa shape index (κ3) is 4.17. The maximum absolute atomic E-state index is 5.53. The van der Waals surface area contributed by atoms with E-state index in [-0.39, 0.29) is 5.92 Å². The van der Waals surface area contributed by atoms with E-state index < -0.39 is 0 Å². The van der Waals surface area contributed by atoms with E-state index in [2.05, 4.69) is 52.3 Å². The summed E-state index contributed by atoms with van der Waals surface area (Å²) in [5, 5.41) is 3.40. The highest BCUT2D eigenvalue weighted by Crippen LogP contribution is 2.28. The molecule has 0 spiro atoms. The molecular weight excluding hydrogens is 324 g/mol. The molecule has 0 fully saturated rings. The molecule has 1 unspecified atom stereocenters. The van der Waals surface area contributed by atoms with E-state index in [0.717, 1.165) is 35.1 Å². The topological polar surface area (TPSA) is 59.9 Å². The molecule has 0 saturated carbocycles. The number of hydrogen-bond acceptors (Lipinski definition) is 5. The highest BCUT2D eigenvalue weighted by Gasteiger charge is 2.12. The lowest BCUT2D eigenvalue weighted by Crippen LogP contribution is -2.12. The fourth-order valence-electron chi connectivity index (χ4n) is 2.82. The lowest BCUT2D eigenvalue weighted by Gasteiger charge is -2.17. The summed E-state index contributed by atoms with van der Waals surface area (Å²) in [4.78, 5) is 13.0. The van der Waals surface area contributed by atoms with Crippen LogP contribution in [0.3, 0.4) is 0 Å². The summed E-state index contributed by atoms with van der Waals surface area (Å²) in [7, 11) is 1.71. The number of ether oxygens (including phenoxy) is 1. The Labute approximate surface area is 154 Å². The van der Waals surface area contributed by atoms with Crippen molar-refractivity contribution in [1.29, 1.82) is 0 Å². The number of nitrogens with zero attached hydrogens (tertiary/aromatic N) is 3. The summed E-state index contributed by atoms with van der Waals surface area (Å²) in [6, 6.07) is 12.3. The summed E-state index contributed by atoms with van der Waals surface area (Å²) in [6.45, 7) is 6.96. The van der Waals surface area contributed by atoms with E-state index in [9.17, 15) is 0 Å². The minimum Gasteiger partial charge on any atom is -0.496 e. The number of pyridine rings is 1. The molecule has 1 aromatic carbocycles. The zero-order valence-corrected chi connectivity index (χ0v) is 15.7. The number of rotatable bonds is 6. The van der Waals surface area contributed by atoms with Crippen molar-refractivity contribution in [2.24, 2.45) is 0 Å². The van der Waals surface area contributed by atoms with Crippen LogP contribution in [0.4, 0.5) is 5.82 Å². The van der Waals surface area contributed by atoms with Gasteiger partial charge < -0.3 is 10.1 Å². The Morgan fingerprint density at radius 1 is 1.04 bits per heavy atom. The molecule has 0 aliphatic heterocycles. The molecule has 0 amide bonds. The van der Waals surface area contributed by atoms with Gasteiger partial charge in [0.05, 0.1) is 12.8 Å². The quantitative estimate of drug-likeness (QED) is 0.716. The Balaban J connectivity index is 1.72. The predicted octanol–water partition coefficient (Wildman–Crippen LogP) is 4.38. The van der Waals surface area contributed by atoms with Crippen LogP contribution in [0.2, 0.25) is 0 Å². The first-order chi connectivity index (χ1) is 12.6. The van der Waals surface area contributed by atoms with Crippen LogP contribution in [-0.4, -0.2) is 28.6 Å². The Kier molecular flexibility index (Phi) is 5.46. The van der Waals surface area contributed by atoms with Gasteiger partial charge in [-0.15, -0.1) is 0 Å². The molecule has 5 nitrogen and oxygen atoms in total. The number of aryl methyl sites for hydroxylation is 2. The van der Waals surface area contributed by atoms with Gasteiger partial charge in [0.2, 0.25) is 0 Å². The monoisotopic (exact) mass is 348 g/mol. The van der Waals surface area contributed by atoms with Crippen molar-refractivity contribution in [3.8, 4) is 17.0 Å². The summed E-state index contributed by atoms with van der Waals surface area (Å²) in [5.41, 5.74) is 5.20. The number of benzene rings is 1. The molecule has 0 saturated heterocycles. The van der Waals surface area contributed by atoms with Gasteiger partial charge in [0.1, 0.15) is 17.9 Å². The normalized spacial score (nSPS) is 11.8. The maximum atomic E-state index is 5.53. The second-order valence-corrected chi connectivity index (χ2v) is 6.50. The van der Waals surface area contributed by atoms with Crippen LogP contribution >= 0.6 is 0 Å². The van der Waals surface area contributed by atoms with Crippen LogP contribution in [0.1, 0.15) is 29.7 Å². The first-order valence-corrected chi connectivity index (χ1v) is 8.70. The van der Waals surface area contributed by atoms with E-state index in [1.807, 2.05) is 31.3 Å². The number of anilines is 1. The Hall–Kier alpha value is -2.95. The zero-order chi connectivity index (χ0) is 18.5. The molecule has 3 aromatic rings. The molecular formula is C21H24N4O. The van der Waals surface area contributed by atoms with E-state index >= 15 is 0 Å². The maximum Gasteiger partial charge on any atom is 0.129 e. The molecule has 3 rings (SSSR count). The SMILES string of the molecule is COc1cc(C)ccc1C(C)CNc1cc(-c2ccc(C)nc2)ncn1. The highest BCUT2D eigenvalue weighted by atomic mass is 16.5. The van der Waals surface area contributed by atoms with E-state index in [0.29, 0.717) is 0 Å². The third-order valence-corrected chi connectivity index (χ3v) is 4.38. The molecule has 134 valence electrons. The molecule has 2 heterocycles. The summed E-state index contributed by atoms with van der Waals surface area (Å²) in [6.07, 6.45) is 3.41. The van der Waals surface area contributed by atoms with E-state index in [1.165, 1.54) is 11.1 Å². The van der Waals surface area contributed by atoms with Crippen molar-refractivity contribution in [2.75, 3.05) is 19.0 Å². The molecule has 2 aromatic heterocycles. The van der Waals surface area contributed by atoms with Crippen molar-refractivity contribution in [3.63, 3.8) is 0 Å². The zero-order valence-electron chi connectivity index (χ0n) is 15.7. The minimum absolute atomic E-state index is 0.282. The van der Waals surface area contributed by atoms with Crippen LogP contribution in [0.5, 0.6) is 5.75 Å². The van der Waals surface area contributed by atoms with Gasteiger partial charge in [-0.2, -0.15) is 0 Å². The average molecular weight is 348 g/mol. The Morgan fingerprint density at radius 3 is 2.62 bits per heavy atom. The molecule has 0 aliphatic rings. The van der Waals surface area contributed by atoms with E-state index in [4.69, 9.17) is 4.74 Å². The van der Waals surface area contributed by atoms with Crippen LogP contribution in [0.25, 0.3) is 11.3 Å². The van der Waals surface area contributed by atoms with Crippen molar-refractivity contribution in [1.82, 2.24) is 15.0 Å². The van der Waals surface area contributed by atoms with Crippen molar-refractivity contribution in [3.05, 3.63) is 65.7 Å². The smallest absolute Gasteiger partial charge is 0.129 e. The Morgan fingerprint density at radius 2 is 1.88 bits per heavy atom. The molecule has 26 heavy (non-hydrogen) atoms. The standard InChI is InChI=1S/C21H24N4O/c1-14-5-8-18(20(9-14)26-4)15(2)11-23-21-10-19(24-13-25-21)17-7-6-16(3)22-12-17/h5-10,12-13,15H,11H2,1-4H3,(H,23,24,25). The molecule has 0 bridgehead atoms. The van der Waals surface area contributed by atoms with Crippen LogP contribution in [0.15, 0.2) is 48.9 Å². The number of nitrogens with one attached hydrogen (secondary N) is 1. The molecule has 1 N–H and O–H groups in total. The van der Waals surface area contributed by atoms with Gasteiger partial charge in [0, 0.05) is 36.0 Å². The van der Waals surface area contributed by atoms with Crippen LogP contribution in [0, 0.1) is 13.8 Å². The predicted molar refractivity (Wildman–Crippen MR) is 105 cm³/mol. The van der Waals surface area contributed by atoms with Gasteiger partial charge in [-0.05, 0) is 43.2 Å². The van der Waals surface area contributed by atoms with Crippen LogP contribution < -0.4 is 10.1 Å². The largest absolute Gasteiger partial charge is 0.496 e. The molecule has 0 radical (unpaired) electrons. The fraction of sp³-hybridized carbons (Fsp3) is 0.286. The molecule has 5 heteroatoms. The van der Waals surface area contributed by atoms with Gasteiger partial charge in [0.15, 0.2) is 0 Å². The summed E-state index contributed by atoms with van der Waals surface area (Å²) in [5.74, 6) is 2.01. The Bertz CT molecular complexity index is 877. The van der Waals surface area contributed by atoms with Gasteiger partial charge in [-0.3, -0.25) is 4.98 Å². The first kappa shape index (κ1) is 17.9. The summed E-state index contributed by atoms with van der Waals surface area (Å²) < 4.78 is 5.53. The third-order valence-electron chi connectivity index (χ3n) is 4.38. The lowest BCUT2D eigenvalue weighted by molar-refractivity contribution is 0.406. The first-order valence-electron chi connectivity index (χ1n) is 8.70. The second kappa shape index (κ2) is 7.95.